The molecular weight excluding hydrogens is 296 g/mol. The smallest absolute Gasteiger partial charge is 0.245 e. The van der Waals surface area contributed by atoms with E-state index in [-0.39, 0.29) is 18.2 Å². The highest BCUT2D eigenvalue weighted by Gasteiger charge is 2.29. The summed E-state index contributed by atoms with van der Waals surface area (Å²) >= 11 is 0. The lowest BCUT2D eigenvalue weighted by molar-refractivity contribution is -0.127. The third-order valence-corrected chi connectivity index (χ3v) is 3.83. The minimum Gasteiger partial charge on any atom is -0.378 e. The first kappa shape index (κ1) is 15.5. The average molecular weight is 316 g/mol. The van der Waals surface area contributed by atoms with Gasteiger partial charge in [-0.3, -0.25) is 14.9 Å². The van der Waals surface area contributed by atoms with Gasteiger partial charge in [0.2, 0.25) is 17.8 Å². The summed E-state index contributed by atoms with van der Waals surface area (Å²) in [5.74, 6) is 0.0697. The van der Waals surface area contributed by atoms with Crippen LogP contribution in [-0.2, 0) is 20.9 Å². The Morgan fingerprint density at radius 3 is 2.78 bits per heavy atom. The molecule has 1 aromatic rings. The molecule has 0 radical (unpaired) electrons. The topological polar surface area (TPSA) is 83.0 Å². The van der Waals surface area contributed by atoms with Crippen molar-refractivity contribution in [1.29, 1.82) is 0 Å². The van der Waals surface area contributed by atoms with Crippen molar-refractivity contribution in [1.82, 2.24) is 15.5 Å². The molecule has 1 aromatic carbocycles. The molecule has 1 fully saturated rings. The number of ether oxygens (including phenoxy) is 1. The molecule has 1 unspecified atom stereocenters. The molecule has 2 aliphatic heterocycles. The first-order valence-corrected chi connectivity index (χ1v) is 7.74. The molecule has 0 bridgehead atoms. The van der Waals surface area contributed by atoms with Crippen LogP contribution in [0, 0.1) is 0 Å². The molecule has 1 atom stereocenters. The van der Waals surface area contributed by atoms with E-state index in [1.165, 1.54) is 0 Å². The van der Waals surface area contributed by atoms with E-state index in [2.05, 4.69) is 15.6 Å². The van der Waals surface area contributed by atoms with Gasteiger partial charge in [-0.15, -0.1) is 0 Å². The van der Waals surface area contributed by atoms with Crippen LogP contribution in [0.4, 0.5) is 0 Å². The molecule has 7 heteroatoms. The fourth-order valence-corrected chi connectivity index (χ4v) is 2.57. The Bertz CT molecular complexity index is 597. The predicted octanol–water partition coefficient (Wildman–Crippen LogP) is -0.120. The van der Waals surface area contributed by atoms with Crippen LogP contribution in [0.3, 0.4) is 0 Å². The van der Waals surface area contributed by atoms with Gasteiger partial charge < -0.3 is 15.0 Å². The van der Waals surface area contributed by atoms with Gasteiger partial charge in [-0.05, 0) is 5.56 Å². The van der Waals surface area contributed by atoms with E-state index in [1.54, 1.807) is 0 Å². The molecule has 2 heterocycles. The van der Waals surface area contributed by atoms with Crippen molar-refractivity contribution in [2.24, 2.45) is 4.99 Å². The van der Waals surface area contributed by atoms with Crippen molar-refractivity contribution in [3.05, 3.63) is 35.9 Å². The zero-order valence-electron chi connectivity index (χ0n) is 12.8. The summed E-state index contributed by atoms with van der Waals surface area (Å²) in [6.45, 7) is 2.95. The molecule has 2 N–H and O–H groups in total. The number of nitrogens with zero attached hydrogens (tertiary/aromatic N) is 2. The summed E-state index contributed by atoms with van der Waals surface area (Å²) in [6, 6.07) is 8.97. The van der Waals surface area contributed by atoms with Crippen LogP contribution in [0.1, 0.15) is 12.0 Å². The summed E-state index contributed by atoms with van der Waals surface area (Å²) in [4.78, 5) is 30.5. The van der Waals surface area contributed by atoms with Crippen LogP contribution in [0.5, 0.6) is 0 Å². The Morgan fingerprint density at radius 2 is 2.04 bits per heavy atom. The van der Waals surface area contributed by atoms with Crippen LogP contribution < -0.4 is 10.6 Å². The van der Waals surface area contributed by atoms with Gasteiger partial charge in [0.05, 0.1) is 19.6 Å². The minimum absolute atomic E-state index is 0.0778. The molecule has 2 amide bonds. The lowest BCUT2D eigenvalue weighted by atomic mass is 10.1. The summed E-state index contributed by atoms with van der Waals surface area (Å²) in [6.07, 6.45) is 0.0778. The van der Waals surface area contributed by atoms with E-state index in [0.717, 1.165) is 5.56 Å². The number of benzene rings is 1. The van der Waals surface area contributed by atoms with Crippen LogP contribution in [0.2, 0.25) is 0 Å². The second-order valence-corrected chi connectivity index (χ2v) is 5.52. The highest BCUT2D eigenvalue weighted by Crippen LogP contribution is 2.09. The maximum absolute atomic E-state index is 12.3. The second kappa shape index (κ2) is 7.23. The Labute approximate surface area is 134 Å². The molecule has 0 aromatic heterocycles. The van der Waals surface area contributed by atoms with Gasteiger partial charge in [0.15, 0.2) is 0 Å². The highest BCUT2D eigenvalue weighted by molar-refractivity contribution is 6.03. The van der Waals surface area contributed by atoms with Crippen molar-refractivity contribution in [3.8, 4) is 0 Å². The van der Waals surface area contributed by atoms with E-state index in [9.17, 15) is 9.59 Å². The number of nitrogens with one attached hydrogen (secondary N) is 2. The summed E-state index contributed by atoms with van der Waals surface area (Å²) in [5, 5.41) is 5.59. The number of carbonyl (C=O) groups excluding carboxylic acids is 2. The van der Waals surface area contributed by atoms with Gasteiger partial charge in [0, 0.05) is 19.6 Å². The van der Waals surface area contributed by atoms with Crippen LogP contribution in [0.15, 0.2) is 35.3 Å². The summed E-state index contributed by atoms with van der Waals surface area (Å²) in [5.41, 5.74) is 1.01. The Kier molecular flexibility index (Phi) is 4.87. The average Bonchev–Trinajstić information content (AvgIpc) is 2.61. The predicted molar refractivity (Wildman–Crippen MR) is 84.7 cm³/mol. The van der Waals surface area contributed by atoms with E-state index in [0.29, 0.717) is 38.8 Å². The highest BCUT2D eigenvalue weighted by atomic mass is 16.5. The van der Waals surface area contributed by atoms with Gasteiger partial charge in [-0.25, -0.2) is 4.99 Å². The molecule has 7 nitrogen and oxygen atoms in total. The number of carbonyl (C=O) groups is 2. The minimum atomic E-state index is -0.676. The van der Waals surface area contributed by atoms with E-state index in [4.69, 9.17) is 4.74 Å². The molecule has 0 saturated carbocycles. The van der Waals surface area contributed by atoms with Crippen molar-refractivity contribution in [2.45, 2.75) is 19.0 Å². The molecule has 3 rings (SSSR count). The van der Waals surface area contributed by atoms with E-state index < -0.39 is 6.04 Å². The zero-order valence-corrected chi connectivity index (χ0v) is 12.8. The summed E-state index contributed by atoms with van der Waals surface area (Å²) in [7, 11) is 0. The number of rotatable bonds is 3. The molecule has 23 heavy (non-hydrogen) atoms. The molecule has 2 aliphatic rings. The third-order valence-electron chi connectivity index (χ3n) is 3.83. The fourth-order valence-electron chi connectivity index (χ4n) is 2.57. The van der Waals surface area contributed by atoms with Gasteiger partial charge in [-0.2, -0.15) is 0 Å². The van der Waals surface area contributed by atoms with E-state index in [1.807, 2.05) is 35.2 Å². The fraction of sp³-hybridized carbons (Fsp3) is 0.438. The van der Waals surface area contributed by atoms with Crippen molar-refractivity contribution in [3.63, 3.8) is 0 Å². The molecule has 0 aliphatic carbocycles. The van der Waals surface area contributed by atoms with E-state index >= 15 is 0 Å². The largest absolute Gasteiger partial charge is 0.378 e. The first-order valence-electron chi connectivity index (χ1n) is 7.74. The molecule has 1 saturated heterocycles. The van der Waals surface area contributed by atoms with Gasteiger partial charge in [0.1, 0.15) is 6.04 Å². The number of hydrogen-bond acceptors (Lipinski definition) is 5. The standard InChI is InChI=1S/C16H20N4O3/c21-14-10-13(15(22)17-11-12-4-2-1-3-5-12)18-16(19-14)20-6-8-23-9-7-20/h1-5,13H,6-11H2,(H,17,22)(H,18,19,21). The number of amides is 2. The van der Waals surface area contributed by atoms with Crippen LogP contribution in [0.25, 0.3) is 0 Å². The quantitative estimate of drug-likeness (QED) is 0.814. The maximum atomic E-state index is 12.3. The number of guanidine groups is 1. The lowest BCUT2D eigenvalue weighted by Crippen LogP contribution is -2.53. The molecule has 0 spiro atoms. The Morgan fingerprint density at radius 1 is 1.30 bits per heavy atom. The van der Waals surface area contributed by atoms with Crippen molar-refractivity contribution >= 4 is 17.8 Å². The van der Waals surface area contributed by atoms with Crippen molar-refractivity contribution < 1.29 is 14.3 Å². The second-order valence-electron chi connectivity index (χ2n) is 5.52. The summed E-state index contributed by atoms with van der Waals surface area (Å²) < 4.78 is 5.29. The van der Waals surface area contributed by atoms with Gasteiger partial charge >= 0.3 is 0 Å². The normalized spacial score (nSPS) is 21.4. The van der Waals surface area contributed by atoms with Crippen LogP contribution in [-0.4, -0.2) is 55.0 Å². The maximum Gasteiger partial charge on any atom is 0.245 e. The first-order chi connectivity index (χ1) is 11.2. The Hall–Kier alpha value is -2.41. The van der Waals surface area contributed by atoms with Gasteiger partial charge in [0.25, 0.3) is 0 Å². The van der Waals surface area contributed by atoms with Crippen molar-refractivity contribution in [2.75, 3.05) is 26.3 Å². The number of aliphatic imine (C=N–C) groups is 1. The Balaban J connectivity index is 1.63. The monoisotopic (exact) mass is 316 g/mol. The third kappa shape index (κ3) is 4.07. The lowest BCUT2D eigenvalue weighted by Gasteiger charge is -2.32. The molecular formula is C16H20N4O3. The zero-order chi connectivity index (χ0) is 16.1. The SMILES string of the molecule is O=C1CC(C(=O)NCc2ccccc2)N=C(N2CCOCC2)N1. The number of hydrogen-bond donors (Lipinski definition) is 2. The molecule has 122 valence electrons. The number of morpholine rings is 1. The van der Waals surface area contributed by atoms with Crippen LogP contribution >= 0.6 is 0 Å². The van der Waals surface area contributed by atoms with Gasteiger partial charge in [-0.1, -0.05) is 30.3 Å².